The van der Waals surface area contributed by atoms with Crippen molar-refractivity contribution in [2.24, 2.45) is 5.92 Å². The molecule has 2 heterocycles. The molecule has 0 fully saturated rings. The van der Waals surface area contributed by atoms with Crippen LogP contribution >= 0.6 is 0 Å². The summed E-state index contributed by atoms with van der Waals surface area (Å²) in [6.07, 6.45) is 2.28. The third-order valence-corrected chi connectivity index (χ3v) is 3.48. The zero-order chi connectivity index (χ0) is 11.8. The monoisotopic (exact) mass is 227 g/mol. The van der Waals surface area contributed by atoms with Gasteiger partial charge >= 0.3 is 0 Å². The highest BCUT2D eigenvalue weighted by Gasteiger charge is 2.19. The van der Waals surface area contributed by atoms with Gasteiger partial charge in [-0.25, -0.2) is 9.67 Å². The Balaban J connectivity index is 2.03. The summed E-state index contributed by atoms with van der Waals surface area (Å²) >= 11 is 0. The fourth-order valence-corrected chi connectivity index (χ4v) is 2.41. The highest BCUT2D eigenvalue weighted by atomic mass is 15.4. The molecular weight excluding hydrogens is 210 g/mol. The Kier molecular flexibility index (Phi) is 2.46. The van der Waals surface area contributed by atoms with E-state index < -0.39 is 0 Å². The molecule has 1 aliphatic heterocycles. The van der Waals surface area contributed by atoms with Gasteiger partial charge in [0.15, 0.2) is 5.82 Å². The molecule has 0 saturated carbocycles. The molecule has 1 unspecified atom stereocenters. The highest BCUT2D eigenvalue weighted by Crippen LogP contribution is 2.23. The predicted molar refractivity (Wildman–Crippen MR) is 67.7 cm³/mol. The molecule has 3 nitrogen and oxygen atoms in total. The minimum Gasteiger partial charge on any atom is -0.249 e. The Hall–Kier alpha value is -1.64. The molecule has 0 amide bonds. The largest absolute Gasteiger partial charge is 0.249 e. The maximum absolute atomic E-state index is 4.67. The number of benzene rings is 1. The standard InChI is InChI=1S/C14H17N3/c1-10-7-8-13-15-14(16-17(13)9-10)12-6-4-3-5-11(12)2/h3-6,10H,7-9H2,1-2H3. The number of hydrogen-bond acceptors (Lipinski definition) is 2. The van der Waals surface area contributed by atoms with Crippen LogP contribution in [0.5, 0.6) is 0 Å². The van der Waals surface area contributed by atoms with E-state index in [4.69, 9.17) is 0 Å². The van der Waals surface area contributed by atoms with E-state index in [0.29, 0.717) is 5.92 Å². The van der Waals surface area contributed by atoms with E-state index in [9.17, 15) is 0 Å². The molecule has 0 bridgehead atoms. The van der Waals surface area contributed by atoms with Crippen molar-refractivity contribution in [3.05, 3.63) is 35.7 Å². The summed E-state index contributed by atoms with van der Waals surface area (Å²) in [5, 5.41) is 4.64. The fraction of sp³-hybridized carbons (Fsp3) is 0.429. The van der Waals surface area contributed by atoms with E-state index >= 15 is 0 Å². The molecular formula is C14H17N3. The minimum absolute atomic E-state index is 0.717. The lowest BCUT2D eigenvalue weighted by Gasteiger charge is -2.17. The van der Waals surface area contributed by atoms with E-state index in [-0.39, 0.29) is 0 Å². The van der Waals surface area contributed by atoms with E-state index in [1.165, 1.54) is 12.0 Å². The number of nitrogens with zero attached hydrogens (tertiary/aromatic N) is 3. The van der Waals surface area contributed by atoms with Crippen LogP contribution in [0, 0.1) is 12.8 Å². The zero-order valence-electron chi connectivity index (χ0n) is 10.3. The topological polar surface area (TPSA) is 30.7 Å². The summed E-state index contributed by atoms with van der Waals surface area (Å²) in [6.45, 7) is 5.39. The second kappa shape index (κ2) is 3.99. The lowest BCUT2D eigenvalue weighted by Crippen LogP contribution is -2.18. The van der Waals surface area contributed by atoms with Crippen molar-refractivity contribution < 1.29 is 0 Å². The summed E-state index contributed by atoms with van der Waals surface area (Å²) in [5.74, 6) is 2.74. The first-order valence-electron chi connectivity index (χ1n) is 6.24. The maximum Gasteiger partial charge on any atom is 0.181 e. The van der Waals surface area contributed by atoms with Crippen molar-refractivity contribution in [2.45, 2.75) is 33.2 Å². The van der Waals surface area contributed by atoms with Gasteiger partial charge in [0.1, 0.15) is 5.82 Å². The smallest absolute Gasteiger partial charge is 0.181 e. The predicted octanol–water partition coefficient (Wildman–Crippen LogP) is 2.84. The van der Waals surface area contributed by atoms with Gasteiger partial charge in [-0.2, -0.15) is 5.10 Å². The summed E-state index contributed by atoms with van der Waals surface area (Å²) in [4.78, 5) is 4.67. The minimum atomic E-state index is 0.717. The van der Waals surface area contributed by atoms with Gasteiger partial charge in [0.25, 0.3) is 0 Å². The quantitative estimate of drug-likeness (QED) is 0.750. The Bertz CT molecular complexity index is 542. The van der Waals surface area contributed by atoms with Crippen LogP contribution in [0.4, 0.5) is 0 Å². The van der Waals surface area contributed by atoms with E-state index in [1.807, 2.05) is 6.07 Å². The third-order valence-electron chi connectivity index (χ3n) is 3.48. The average molecular weight is 227 g/mol. The van der Waals surface area contributed by atoms with Crippen LogP contribution in [-0.4, -0.2) is 14.8 Å². The Morgan fingerprint density at radius 2 is 2.12 bits per heavy atom. The van der Waals surface area contributed by atoms with Crippen molar-refractivity contribution >= 4 is 0 Å². The molecule has 1 aromatic heterocycles. The Morgan fingerprint density at radius 1 is 1.29 bits per heavy atom. The SMILES string of the molecule is Cc1ccccc1-c1nc2n(n1)CC(C)CC2. The number of fused-ring (bicyclic) bond motifs is 1. The molecule has 17 heavy (non-hydrogen) atoms. The van der Waals surface area contributed by atoms with Crippen molar-refractivity contribution in [3.8, 4) is 11.4 Å². The number of aryl methyl sites for hydroxylation is 2. The fourth-order valence-electron chi connectivity index (χ4n) is 2.41. The Labute approximate surface area is 101 Å². The van der Waals surface area contributed by atoms with Crippen LogP contribution in [0.1, 0.15) is 24.7 Å². The third kappa shape index (κ3) is 1.86. The molecule has 1 atom stereocenters. The summed E-state index contributed by atoms with van der Waals surface area (Å²) in [6, 6.07) is 8.31. The second-order valence-electron chi connectivity index (χ2n) is 4.99. The molecule has 3 heteroatoms. The maximum atomic E-state index is 4.67. The van der Waals surface area contributed by atoms with Gasteiger partial charge < -0.3 is 0 Å². The van der Waals surface area contributed by atoms with Gasteiger partial charge in [0, 0.05) is 18.5 Å². The van der Waals surface area contributed by atoms with Gasteiger partial charge in [-0.3, -0.25) is 0 Å². The van der Waals surface area contributed by atoms with Gasteiger partial charge in [0.2, 0.25) is 0 Å². The van der Waals surface area contributed by atoms with Crippen molar-refractivity contribution in [2.75, 3.05) is 0 Å². The molecule has 0 radical (unpaired) electrons. The highest BCUT2D eigenvalue weighted by molar-refractivity contribution is 5.59. The van der Waals surface area contributed by atoms with Crippen molar-refractivity contribution in [1.29, 1.82) is 0 Å². The van der Waals surface area contributed by atoms with E-state index in [1.54, 1.807) is 0 Å². The van der Waals surface area contributed by atoms with Gasteiger partial charge in [0.05, 0.1) is 0 Å². The van der Waals surface area contributed by atoms with Gasteiger partial charge in [-0.1, -0.05) is 31.2 Å². The first-order valence-corrected chi connectivity index (χ1v) is 6.24. The van der Waals surface area contributed by atoms with Gasteiger partial charge in [-0.05, 0) is 24.8 Å². The number of hydrogen-bond donors (Lipinski definition) is 0. The lowest BCUT2D eigenvalue weighted by molar-refractivity contribution is 0.368. The van der Waals surface area contributed by atoms with Crippen LogP contribution in [0.2, 0.25) is 0 Å². The molecule has 2 aromatic rings. The second-order valence-corrected chi connectivity index (χ2v) is 4.99. The van der Waals surface area contributed by atoms with Crippen LogP contribution in [0.25, 0.3) is 11.4 Å². The first-order chi connectivity index (χ1) is 8.24. The normalized spacial score (nSPS) is 19.1. The van der Waals surface area contributed by atoms with E-state index in [0.717, 1.165) is 30.2 Å². The molecule has 0 N–H and O–H groups in total. The molecule has 0 saturated heterocycles. The molecule has 1 aromatic carbocycles. The molecule has 0 spiro atoms. The van der Waals surface area contributed by atoms with Crippen LogP contribution in [0.15, 0.2) is 24.3 Å². The number of aromatic nitrogens is 3. The van der Waals surface area contributed by atoms with Crippen molar-refractivity contribution in [1.82, 2.24) is 14.8 Å². The zero-order valence-corrected chi connectivity index (χ0v) is 10.3. The van der Waals surface area contributed by atoms with E-state index in [2.05, 4.69) is 46.8 Å². The van der Waals surface area contributed by atoms with Crippen LogP contribution in [0.3, 0.4) is 0 Å². The first kappa shape index (κ1) is 10.5. The van der Waals surface area contributed by atoms with Crippen LogP contribution in [-0.2, 0) is 13.0 Å². The Morgan fingerprint density at radius 3 is 2.94 bits per heavy atom. The summed E-state index contributed by atoms with van der Waals surface area (Å²) < 4.78 is 2.08. The molecule has 0 aliphatic carbocycles. The van der Waals surface area contributed by atoms with Crippen LogP contribution < -0.4 is 0 Å². The van der Waals surface area contributed by atoms with Gasteiger partial charge in [-0.15, -0.1) is 0 Å². The molecule has 1 aliphatic rings. The molecule has 3 rings (SSSR count). The van der Waals surface area contributed by atoms with Crippen molar-refractivity contribution in [3.63, 3.8) is 0 Å². The summed E-state index contributed by atoms with van der Waals surface area (Å²) in [7, 11) is 0. The molecule has 88 valence electrons. The number of rotatable bonds is 1. The summed E-state index contributed by atoms with van der Waals surface area (Å²) in [5.41, 5.74) is 2.39. The lowest BCUT2D eigenvalue weighted by atomic mass is 10.0. The average Bonchev–Trinajstić information content (AvgIpc) is 2.72.